The molecular formula is C3H9N3O. The van der Waals surface area contributed by atoms with Crippen LogP contribution in [-0.2, 0) is 0 Å². The number of hydrogen-bond acceptors (Lipinski definition) is 2. The Morgan fingerprint density at radius 1 is 1.86 bits per heavy atom. The third-order valence-corrected chi connectivity index (χ3v) is 0.224. The Balaban J connectivity index is 0. The topological polar surface area (TPSA) is 80.5 Å². The molecule has 0 bridgehead atoms. The van der Waals surface area contributed by atoms with Gasteiger partial charge < -0.3 is 5.11 Å². The second-order valence-electron chi connectivity index (χ2n) is 0.824. The van der Waals surface area contributed by atoms with E-state index in [-0.39, 0.29) is 0 Å². The molecule has 0 aliphatic rings. The van der Waals surface area contributed by atoms with Gasteiger partial charge in [-0.3, -0.25) is 0 Å². The molecule has 0 aromatic heterocycles. The summed E-state index contributed by atoms with van der Waals surface area (Å²) in [5, 5.41) is 7.88. The van der Waals surface area contributed by atoms with Crippen LogP contribution >= 0.6 is 0 Å². The van der Waals surface area contributed by atoms with E-state index < -0.39 is 0 Å². The molecule has 0 aliphatic carbocycles. The summed E-state index contributed by atoms with van der Waals surface area (Å²) in [4.78, 5) is 1.75. The molecule has 0 spiro atoms. The largest absolute Gasteiger partial charge is 0.396 e. The van der Waals surface area contributed by atoms with Gasteiger partial charge in [-0.15, -0.1) is 5.53 Å². The molecule has 0 fully saturated rings. The number of rotatable bonds is 1. The standard InChI is InChI=1S/C3H8O.HN3/c1-2-3-4;1-3-2/h4H,2-3H2,1H3;1H. The van der Waals surface area contributed by atoms with Gasteiger partial charge in [0, 0.05) is 6.61 Å². The maximum atomic E-state index is 7.88. The lowest BCUT2D eigenvalue weighted by Crippen LogP contribution is -1.69. The quantitative estimate of drug-likeness (QED) is 0.292. The fourth-order valence-electron chi connectivity index (χ4n) is 0. The average Bonchev–Trinajstić information content (AvgIpc) is 1.69. The van der Waals surface area contributed by atoms with E-state index in [1.807, 2.05) is 6.92 Å². The van der Waals surface area contributed by atoms with Crippen molar-refractivity contribution < 1.29 is 5.11 Å². The summed E-state index contributed by atoms with van der Waals surface area (Å²) >= 11 is 0. The van der Waals surface area contributed by atoms with Gasteiger partial charge in [-0.25, -0.2) is 0 Å². The summed E-state index contributed by atoms with van der Waals surface area (Å²) in [5.41, 5.74) is 12.2. The van der Waals surface area contributed by atoms with Crippen molar-refractivity contribution in [3.05, 3.63) is 10.4 Å². The van der Waals surface area contributed by atoms with Gasteiger partial charge in [0.1, 0.15) is 0 Å². The maximum Gasteiger partial charge on any atom is 0.0428 e. The lowest BCUT2D eigenvalue weighted by molar-refractivity contribution is 0.295. The lowest BCUT2D eigenvalue weighted by Gasteiger charge is -1.69. The highest BCUT2D eigenvalue weighted by atomic mass is 16.2. The maximum absolute atomic E-state index is 7.88. The van der Waals surface area contributed by atoms with Crippen LogP contribution in [0.2, 0.25) is 0 Å². The number of aliphatic hydroxyl groups excluding tert-OH is 1. The third kappa shape index (κ3) is 773. The predicted molar refractivity (Wildman–Crippen MR) is 26.8 cm³/mol. The third-order valence-electron chi connectivity index (χ3n) is 0.224. The first kappa shape index (κ1) is 9.55. The average molecular weight is 103 g/mol. The van der Waals surface area contributed by atoms with Crippen molar-refractivity contribution in [3.8, 4) is 0 Å². The van der Waals surface area contributed by atoms with Crippen molar-refractivity contribution >= 4 is 0 Å². The summed E-state index contributed by atoms with van der Waals surface area (Å²) in [7, 11) is 0. The zero-order valence-corrected chi connectivity index (χ0v) is 4.26. The first-order valence-electron chi connectivity index (χ1n) is 1.95. The van der Waals surface area contributed by atoms with E-state index in [1.165, 1.54) is 0 Å². The smallest absolute Gasteiger partial charge is 0.0428 e. The summed E-state index contributed by atoms with van der Waals surface area (Å²) in [6.07, 6.45) is 0.875. The molecule has 42 valence electrons. The van der Waals surface area contributed by atoms with Crippen molar-refractivity contribution in [1.29, 1.82) is 5.53 Å². The summed E-state index contributed by atoms with van der Waals surface area (Å²) < 4.78 is 0. The molecular weight excluding hydrogens is 94.1 g/mol. The molecule has 0 rings (SSSR count). The van der Waals surface area contributed by atoms with Gasteiger partial charge in [0.15, 0.2) is 0 Å². The van der Waals surface area contributed by atoms with E-state index in [0.29, 0.717) is 6.61 Å². The normalized spacial score (nSPS) is 5.43. The van der Waals surface area contributed by atoms with Gasteiger partial charge in [0.05, 0.1) is 0 Å². The molecule has 0 saturated heterocycles. The highest BCUT2D eigenvalue weighted by Crippen LogP contribution is 1.61. The van der Waals surface area contributed by atoms with Crippen molar-refractivity contribution in [1.82, 2.24) is 0 Å². The van der Waals surface area contributed by atoms with Gasteiger partial charge in [-0.2, -0.15) is 0 Å². The van der Waals surface area contributed by atoms with Gasteiger partial charge in [0.25, 0.3) is 0 Å². The van der Waals surface area contributed by atoms with E-state index in [0.717, 1.165) is 6.42 Å². The number of nitrogens with zero attached hydrogens (tertiary/aromatic N) is 2. The molecule has 0 atom stereocenters. The Morgan fingerprint density at radius 3 is 2.00 bits per heavy atom. The Bertz CT molecular complexity index is 46.1. The van der Waals surface area contributed by atoms with Crippen LogP contribution in [0.15, 0.2) is 0 Å². The SMILES string of the molecule is CCCO.[N-]=[N+]=N. The zero-order valence-electron chi connectivity index (χ0n) is 4.26. The fourth-order valence-corrected chi connectivity index (χ4v) is 0. The highest BCUT2D eigenvalue weighted by Gasteiger charge is 1.57. The molecule has 0 radical (unpaired) electrons. The van der Waals surface area contributed by atoms with Crippen LogP contribution in [0.3, 0.4) is 0 Å². The summed E-state index contributed by atoms with van der Waals surface area (Å²) in [5.74, 6) is 0. The number of aliphatic hydroxyl groups is 1. The van der Waals surface area contributed by atoms with Crippen molar-refractivity contribution in [2.45, 2.75) is 13.3 Å². The molecule has 0 aliphatic heterocycles. The first-order valence-corrected chi connectivity index (χ1v) is 1.95. The van der Waals surface area contributed by atoms with E-state index in [2.05, 4.69) is 0 Å². The Hall–Kier alpha value is -0.730. The Morgan fingerprint density at radius 2 is 2.00 bits per heavy atom. The van der Waals surface area contributed by atoms with Crippen LogP contribution in [0.1, 0.15) is 13.3 Å². The second-order valence-corrected chi connectivity index (χ2v) is 0.824. The first-order chi connectivity index (χ1) is 3.33. The van der Waals surface area contributed by atoms with Gasteiger partial charge in [-0.1, -0.05) is 6.92 Å². The van der Waals surface area contributed by atoms with Crippen molar-refractivity contribution in [3.63, 3.8) is 0 Å². The molecule has 0 amide bonds. The molecule has 0 saturated carbocycles. The second kappa shape index (κ2) is 18.6. The Kier molecular flexibility index (Phi) is 25.4. The lowest BCUT2D eigenvalue weighted by atomic mass is 10.5. The minimum Gasteiger partial charge on any atom is -0.396 e. The van der Waals surface area contributed by atoms with Crippen molar-refractivity contribution in [2.24, 2.45) is 0 Å². The monoisotopic (exact) mass is 103 g/mol. The Labute approximate surface area is 42.2 Å². The van der Waals surface area contributed by atoms with E-state index >= 15 is 0 Å². The van der Waals surface area contributed by atoms with E-state index in [1.54, 1.807) is 4.91 Å². The molecule has 0 aromatic carbocycles. The molecule has 2 N–H and O–H groups in total. The molecule has 0 aromatic rings. The minimum atomic E-state index is 0.319. The number of nitrogens with one attached hydrogen (secondary N) is 1. The molecule has 4 heteroatoms. The molecule has 0 unspecified atom stereocenters. The van der Waals surface area contributed by atoms with Crippen LogP contribution in [-0.4, -0.2) is 11.7 Å². The van der Waals surface area contributed by atoms with Gasteiger partial charge in [0.2, 0.25) is 0 Å². The van der Waals surface area contributed by atoms with Crippen molar-refractivity contribution in [2.75, 3.05) is 6.61 Å². The van der Waals surface area contributed by atoms with Crippen LogP contribution in [0.5, 0.6) is 0 Å². The molecule has 7 heavy (non-hydrogen) atoms. The highest BCUT2D eigenvalue weighted by molar-refractivity contribution is 4.18. The zero-order chi connectivity index (χ0) is 6.12. The fraction of sp³-hybridized carbons (Fsp3) is 1.00. The molecule has 4 nitrogen and oxygen atoms in total. The van der Waals surface area contributed by atoms with Crippen LogP contribution in [0, 0.1) is 5.53 Å². The molecule has 0 heterocycles. The summed E-state index contributed by atoms with van der Waals surface area (Å²) in [6, 6.07) is 0. The van der Waals surface area contributed by atoms with Gasteiger partial charge >= 0.3 is 0 Å². The van der Waals surface area contributed by atoms with Gasteiger partial charge in [-0.05, 0) is 16.9 Å². The van der Waals surface area contributed by atoms with Crippen LogP contribution in [0.25, 0.3) is 10.4 Å². The number of hydrogen-bond donors (Lipinski definition) is 2. The van der Waals surface area contributed by atoms with E-state index in [4.69, 9.17) is 16.2 Å². The summed E-state index contributed by atoms with van der Waals surface area (Å²) in [6.45, 7) is 2.25. The minimum absolute atomic E-state index is 0.319. The van der Waals surface area contributed by atoms with Crippen LogP contribution < -0.4 is 0 Å². The van der Waals surface area contributed by atoms with Crippen LogP contribution in [0.4, 0.5) is 0 Å². The van der Waals surface area contributed by atoms with E-state index in [9.17, 15) is 0 Å². The predicted octanol–water partition coefficient (Wildman–Crippen LogP) is 1.26.